The maximum atomic E-state index is 8.67. The van der Waals surface area contributed by atoms with Gasteiger partial charge in [0, 0.05) is 19.1 Å². The molecular weight excluding hydrogens is 152 g/mol. The van der Waals surface area contributed by atoms with Crippen molar-refractivity contribution in [3.63, 3.8) is 0 Å². The summed E-state index contributed by atoms with van der Waals surface area (Å²) in [6.07, 6.45) is 4.49. The Morgan fingerprint density at radius 2 is 1.50 bits per heavy atom. The van der Waals surface area contributed by atoms with Crippen LogP contribution >= 0.6 is 0 Å². The van der Waals surface area contributed by atoms with Crippen molar-refractivity contribution in [3.8, 4) is 0 Å². The van der Waals surface area contributed by atoms with Crippen molar-refractivity contribution in [2.45, 2.75) is 47.5 Å². The summed E-state index contributed by atoms with van der Waals surface area (Å²) >= 11 is 0. The first-order chi connectivity index (χ1) is 4.85. The highest BCUT2D eigenvalue weighted by atomic mass is 16.3. The highest BCUT2D eigenvalue weighted by Gasteiger charge is 2.03. The SMILES string of the molecule is C.C.CCCCCC(CO)CO. The first kappa shape index (κ1) is 17.9. The highest BCUT2D eigenvalue weighted by molar-refractivity contribution is 4.54. The van der Waals surface area contributed by atoms with Gasteiger partial charge in [-0.15, -0.1) is 0 Å². The molecule has 0 unspecified atom stereocenters. The molecule has 0 bridgehead atoms. The van der Waals surface area contributed by atoms with Crippen molar-refractivity contribution in [3.05, 3.63) is 0 Å². The van der Waals surface area contributed by atoms with Crippen molar-refractivity contribution >= 4 is 0 Å². The molecule has 0 spiro atoms. The molecule has 0 aliphatic carbocycles. The molecule has 0 aromatic heterocycles. The second kappa shape index (κ2) is 13.5. The molecule has 0 rings (SSSR count). The molecule has 0 heterocycles. The number of hydrogen-bond acceptors (Lipinski definition) is 2. The quantitative estimate of drug-likeness (QED) is 0.613. The Bertz CT molecular complexity index is 60.9. The molecule has 0 atom stereocenters. The van der Waals surface area contributed by atoms with Crippen LogP contribution in [0.4, 0.5) is 0 Å². The molecule has 0 radical (unpaired) electrons. The van der Waals surface area contributed by atoms with Gasteiger partial charge in [-0.25, -0.2) is 0 Å². The van der Waals surface area contributed by atoms with Crippen LogP contribution in [0.15, 0.2) is 0 Å². The second-order valence-corrected chi connectivity index (χ2v) is 2.73. The Labute approximate surface area is 77.6 Å². The summed E-state index contributed by atoms with van der Waals surface area (Å²) in [6.45, 7) is 2.40. The van der Waals surface area contributed by atoms with Gasteiger partial charge < -0.3 is 10.2 Å². The summed E-state index contributed by atoms with van der Waals surface area (Å²) in [5, 5.41) is 17.3. The number of hydrogen-bond donors (Lipinski definition) is 2. The lowest BCUT2D eigenvalue weighted by Gasteiger charge is -2.08. The maximum absolute atomic E-state index is 8.67. The van der Waals surface area contributed by atoms with E-state index in [9.17, 15) is 0 Å². The Kier molecular flexibility index (Phi) is 20.1. The zero-order valence-corrected chi connectivity index (χ0v) is 6.71. The van der Waals surface area contributed by atoms with E-state index in [4.69, 9.17) is 10.2 Å². The van der Waals surface area contributed by atoms with Crippen LogP contribution in [0.25, 0.3) is 0 Å². The molecule has 0 saturated heterocycles. The van der Waals surface area contributed by atoms with E-state index in [-0.39, 0.29) is 34.0 Å². The summed E-state index contributed by atoms with van der Waals surface area (Å²) < 4.78 is 0. The van der Waals surface area contributed by atoms with Crippen LogP contribution in [0, 0.1) is 5.92 Å². The number of unbranched alkanes of at least 4 members (excludes halogenated alkanes) is 2. The van der Waals surface area contributed by atoms with E-state index in [1.54, 1.807) is 0 Å². The average Bonchev–Trinajstić information content (AvgIpc) is 1.99. The van der Waals surface area contributed by atoms with Gasteiger partial charge in [-0.05, 0) is 6.42 Å². The van der Waals surface area contributed by atoms with Crippen LogP contribution < -0.4 is 0 Å². The van der Waals surface area contributed by atoms with Crippen LogP contribution in [-0.2, 0) is 0 Å². The minimum Gasteiger partial charge on any atom is -0.396 e. The molecule has 0 aromatic carbocycles. The van der Waals surface area contributed by atoms with Gasteiger partial charge in [0.15, 0.2) is 0 Å². The fourth-order valence-corrected chi connectivity index (χ4v) is 0.923. The fraction of sp³-hybridized carbons (Fsp3) is 1.00. The molecule has 2 nitrogen and oxygen atoms in total. The standard InChI is InChI=1S/C8H18O2.2CH4/c1-2-3-4-5-8(6-9)7-10;;/h8-10H,2-7H2,1H3;2*1H4. The summed E-state index contributed by atoms with van der Waals surface area (Å²) in [7, 11) is 0. The molecule has 12 heavy (non-hydrogen) atoms. The first-order valence-electron chi connectivity index (χ1n) is 4.06. The maximum Gasteiger partial charge on any atom is 0.0481 e. The van der Waals surface area contributed by atoms with Gasteiger partial charge in [0.1, 0.15) is 0 Å². The van der Waals surface area contributed by atoms with Gasteiger partial charge in [0.05, 0.1) is 0 Å². The zero-order valence-electron chi connectivity index (χ0n) is 6.71. The van der Waals surface area contributed by atoms with E-state index < -0.39 is 0 Å². The smallest absolute Gasteiger partial charge is 0.0481 e. The van der Waals surface area contributed by atoms with E-state index in [2.05, 4.69) is 6.92 Å². The van der Waals surface area contributed by atoms with Crippen LogP contribution in [-0.4, -0.2) is 23.4 Å². The van der Waals surface area contributed by atoms with Crippen LogP contribution in [0.3, 0.4) is 0 Å². The van der Waals surface area contributed by atoms with E-state index in [1.165, 1.54) is 12.8 Å². The number of aliphatic hydroxyl groups excluding tert-OH is 2. The second-order valence-electron chi connectivity index (χ2n) is 2.73. The van der Waals surface area contributed by atoms with Gasteiger partial charge in [-0.2, -0.15) is 0 Å². The monoisotopic (exact) mass is 178 g/mol. The largest absolute Gasteiger partial charge is 0.396 e. The lowest BCUT2D eigenvalue weighted by molar-refractivity contribution is 0.141. The number of rotatable bonds is 6. The van der Waals surface area contributed by atoms with Crippen LogP contribution in [0.5, 0.6) is 0 Å². The first-order valence-corrected chi connectivity index (χ1v) is 4.06. The predicted octanol–water partition coefficient (Wildman–Crippen LogP) is 2.44. The molecule has 0 aromatic rings. The van der Waals surface area contributed by atoms with Crippen LogP contribution in [0.1, 0.15) is 47.5 Å². The molecular formula is C10H26O2. The van der Waals surface area contributed by atoms with Gasteiger partial charge >= 0.3 is 0 Å². The van der Waals surface area contributed by atoms with Gasteiger partial charge in [-0.3, -0.25) is 0 Å². The third-order valence-corrected chi connectivity index (χ3v) is 1.73. The Hall–Kier alpha value is -0.0800. The van der Waals surface area contributed by atoms with Crippen molar-refractivity contribution < 1.29 is 10.2 Å². The Balaban J connectivity index is -0.000000405. The highest BCUT2D eigenvalue weighted by Crippen LogP contribution is 2.07. The van der Waals surface area contributed by atoms with E-state index in [1.807, 2.05) is 0 Å². The van der Waals surface area contributed by atoms with Crippen molar-refractivity contribution in [1.29, 1.82) is 0 Å². The van der Waals surface area contributed by atoms with Crippen molar-refractivity contribution in [2.24, 2.45) is 5.92 Å². The Morgan fingerprint density at radius 3 is 1.83 bits per heavy atom. The average molecular weight is 178 g/mol. The lowest BCUT2D eigenvalue weighted by atomic mass is 10.0. The molecule has 2 heteroatoms. The Morgan fingerprint density at radius 1 is 1.00 bits per heavy atom. The fourth-order valence-electron chi connectivity index (χ4n) is 0.923. The molecule has 0 saturated carbocycles. The van der Waals surface area contributed by atoms with Crippen LogP contribution in [0.2, 0.25) is 0 Å². The van der Waals surface area contributed by atoms with Gasteiger partial charge in [-0.1, -0.05) is 41.0 Å². The van der Waals surface area contributed by atoms with E-state index in [0.29, 0.717) is 0 Å². The predicted molar refractivity (Wildman–Crippen MR) is 55.3 cm³/mol. The lowest BCUT2D eigenvalue weighted by Crippen LogP contribution is -2.10. The topological polar surface area (TPSA) is 40.5 Å². The summed E-state index contributed by atoms with van der Waals surface area (Å²) in [4.78, 5) is 0. The van der Waals surface area contributed by atoms with E-state index in [0.717, 1.165) is 12.8 Å². The minimum absolute atomic E-state index is 0. The minimum atomic E-state index is 0. The van der Waals surface area contributed by atoms with Crippen molar-refractivity contribution in [2.75, 3.05) is 13.2 Å². The molecule has 0 amide bonds. The molecule has 0 aliphatic heterocycles. The zero-order chi connectivity index (χ0) is 7.82. The third kappa shape index (κ3) is 9.92. The van der Waals surface area contributed by atoms with Gasteiger partial charge in [0.25, 0.3) is 0 Å². The van der Waals surface area contributed by atoms with E-state index >= 15 is 0 Å². The normalized spacial score (nSPS) is 9.00. The summed E-state index contributed by atoms with van der Waals surface area (Å²) in [5.41, 5.74) is 0. The van der Waals surface area contributed by atoms with Gasteiger partial charge in [0.2, 0.25) is 0 Å². The van der Waals surface area contributed by atoms with Crippen molar-refractivity contribution in [1.82, 2.24) is 0 Å². The summed E-state index contributed by atoms with van der Waals surface area (Å²) in [6, 6.07) is 0. The molecule has 78 valence electrons. The molecule has 0 aliphatic rings. The third-order valence-electron chi connectivity index (χ3n) is 1.73. The molecule has 2 N–H and O–H groups in total. The number of aliphatic hydroxyl groups is 2. The molecule has 0 fully saturated rings. The summed E-state index contributed by atoms with van der Waals surface area (Å²) in [5.74, 6) is 0.117.